The molecule has 1 fully saturated rings. The van der Waals surface area contributed by atoms with Gasteiger partial charge in [0.2, 0.25) is 17.8 Å². The second-order valence-corrected chi connectivity index (χ2v) is 6.80. The minimum atomic E-state index is -0.788. The van der Waals surface area contributed by atoms with Gasteiger partial charge in [0, 0.05) is 31.3 Å². The van der Waals surface area contributed by atoms with Gasteiger partial charge in [-0.2, -0.15) is 9.97 Å². The minimum Gasteiger partial charge on any atom is -0.497 e. The van der Waals surface area contributed by atoms with Crippen molar-refractivity contribution in [2.24, 2.45) is 0 Å². The molecule has 3 heterocycles. The van der Waals surface area contributed by atoms with Gasteiger partial charge >= 0.3 is 0 Å². The number of nitrogen functional groups attached to an aromatic ring is 1. The van der Waals surface area contributed by atoms with Crippen molar-refractivity contribution in [1.82, 2.24) is 9.97 Å². The smallest absolute Gasteiger partial charge is 0.232 e. The summed E-state index contributed by atoms with van der Waals surface area (Å²) in [4.78, 5) is 36.0. The lowest BCUT2D eigenvalue weighted by atomic mass is 9.92. The highest BCUT2D eigenvalue weighted by molar-refractivity contribution is 6.05. The summed E-state index contributed by atoms with van der Waals surface area (Å²) >= 11 is 0. The van der Waals surface area contributed by atoms with Gasteiger partial charge in [0.25, 0.3) is 0 Å². The predicted octanol–water partition coefficient (Wildman–Crippen LogP) is 0.968. The number of methoxy groups -OCH3 is 1. The fourth-order valence-electron chi connectivity index (χ4n) is 3.44. The van der Waals surface area contributed by atoms with Gasteiger partial charge < -0.3 is 30.7 Å². The third-order valence-corrected chi connectivity index (χ3v) is 4.91. The normalized spacial score (nSPS) is 18.6. The number of ether oxygens (including phenoxy) is 2. The van der Waals surface area contributed by atoms with Crippen molar-refractivity contribution in [3.8, 4) is 5.75 Å². The quantitative estimate of drug-likeness (QED) is 0.694. The zero-order valence-electron chi connectivity index (χ0n) is 16.0. The molecule has 1 unspecified atom stereocenters. The number of hydrogen-bond donors (Lipinski definition) is 3. The number of nitrogens with zero attached hydrogens (tertiary/aromatic N) is 3. The van der Waals surface area contributed by atoms with E-state index in [0.29, 0.717) is 49.3 Å². The zero-order chi connectivity index (χ0) is 20.4. The van der Waals surface area contributed by atoms with Crippen LogP contribution < -0.4 is 26.0 Å². The summed E-state index contributed by atoms with van der Waals surface area (Å²) in [7, 11) is 1.55. The van der Waals surface area contributed by atoms with Crippen LogP contribution in [-0.2, 0) is 14.3 Å². The standard InChI is InChI=1S/C19H22N6O4/c1-28-12-4-2-3-11(9-12)21-18(27)13-10-14(26)22-17-15(13)16(20)23-19(24-17)25-5-7-29-8-6-25/h2-4,9,13H,5-8,10H2,1H3,(H,21,27)(H3,20,22,23,24,26). The summed E-state index contributed by atoms with van der Waals surface area (Å²) in [5.41, 5.74) is 7.19. The Labute approximate surface area is 167 Å². The van der Waals surface area contributed by atoms with Crippen molar-refractivity contribution in [1.29, 1.82) is 0 Å². The zero-order valence-corrected chi connectivity index (χ0v) is 16.0. The molecule has 2 aliphatic heterocycles. The number of hydrogen-bond acceptors (Lipinski definition) is 8. The molecule has 1 aromatic heterocycles. The van der Waals surface area contributed by atoms with E-state index in [-0.39, 0.29) is 29.9 Å². The summed E-state index contributed by atoms with van der Waals surface area (Å²) in [6, 6.07) is 6.98. The molecule has 29 heavy (non-hydrogen) atoms. The predicted molar refractivity (Wildman–Crippen MR) is 107 cm³/mol. The van der Waals surface area contributed by atoms with Crippen LogP contribution in [0.2, 0.25) is 0 Å². The first-order chi connectivity index (χ1) is 14.0. The van der Waals surface area contributed by atoms with E-state index in [1.807, 2.05) is 4.90 Å². The van der Waals surface area contributed by atoms with Crippen LogP contribution in [-0.4, -0.2) is 55.2 Å². The second-order valence-electron chi connectivity index (χ2n) is 6.80. The number of carbonyl (C=O) groups excluding carboxylic acids is 2. The van der Waals surface area contributed by atoms with E-state index in [4.69, 9.17) is 15.2 Å². The molecule has 2 aromatic rings. The molecule has 0 bridgehead atoms. The lowest BCUT2D eigenvalue weighted by Gasteiger charge is -2.30. The van der Waals surface area contributed by atoms with Gasteiger partial charge in [0.15, 0.2) is 0 Å². The number of rotatable bonds is 4. The Bertz CT molecular complexity index is 944. The van der Waals surface area contributed by atoms with Gasteiger partial charge in [-0.05, 0) is 12.1 Å². The Morgan fingerprint density at radius 2 is 2.14 bits per heavy atom. The molecule has 2 aliphatic rings. The lowest BCUT2D eigenvalue weighted by Crippen LogP contribution is -2.38. The van der Waals surface area contributed by atoms with Gasteiger partial charge in [-0.1, -0.05) is 6.07 Å². The summed E-state index contributed by atoms with van der Waals surface area (Å²) in [5.74, 6) is 0.0476. The van der Waals surface area contributed by atoms with Crippen molar-refractivity contribution in [2.75, 3.05) is 54.7 Å². The molecular formula is C19H22N6O4. The van der Waals surface area contributed by atoms with Crippen LogP contribution in [0, 0.1) is 0 Å². The van der Waals surface area contributed by atoms with Gasteiger partial charge in [0.05, 0.1) is 31.8 Å². The van der Waals surface area contributed by atoms with Gasteiger partial charge in [-0.15, -0.1) is 0 Å². The van der Waals surface area contributed by atoms with E-state index in [9.17, 15) is 9.59 Å². The summed E-state index contributed by atoms with van der Waals surface area (Å²) < 4.78 is 10.5. The number of nitrogens with two attached hydrogens (primary N) is 1. The van der Waals surface area contributed by atoms with Crippen LogP contribution in [0.1, 0.15) is 17.9 Å². The monoisotopic (exact) mass is 398 g/mol. The number of nitrogens with one attached hydrogen (secondary N) is 2. The fraction of sp³-hybridized carbons (Fsp3) is 0.368. The van der Waals surface area contributed by atoms with Crippen molar-refractivity contribution < 1.29 is 19.1 Å². The molecule has 4 rings (SSSR count). The number of anilines is 4. The van der Waals surface area contributed by atoms with Crippen molar-refractivity contribution in [3.05, 3.63) is 29.8 Å². The molecule has 0 aliphatic carbocycles. The van der Waals surface area contributed by atoms with Gasteiger partial charge in [0.1, 0.15) is 17.4 Å². The molecule has 10 heteroatoms. The molecule has 1 saturated heterocycles. The first kappa shape index (κ1) is 18.9. The SMILES string of the molecule is COc1cccc(NC(=O)C2CC(=O)Nc3nc(N4CCOCC4)nc(N)c32)c1. The Kier molecular flexibility index (Phi) is 5.17. The number of amides is 2. The molecule has 152 valence electrons. The van der Waals surface area contributed by atoms with E-state index in [2.05, 4.69) is 20.6 Å². The molecule has 1 aromatic carbocycles. The number of benzene rings is 1. The number of carbonyl (C=O) groups is 2. The number of morpholine rings is 1. The molecule has 0 spiro atoms. The Hall–Kier alpha value is -3.40. The van der Waals surface area contributed by atoms with Gasteiger partial charge in [-0.3, -0.25) is 9.59 Å². The molecule has 10 nitrogen and oxygen atoms in total. The van der Waals surface area contributed by atoms with Crippen LogP contribution in [0.3, 0.4) is 0 Å². The maximum Gasteiger partial charge on any atom is 0.232 e. The van der Waals surface area contributed by atoms with Crippen LogP contribution in [0.5, 0.6) is 5.75 Å². The van der Waals surface area contributed by atoms with E-state index < -0.39 is 5.92 Å². The summed E-state index contributed by atoms with van der Waals surface area (Å²) in [5, 5.41) is 5.54. The van der Waals surface area contributed by atoms with E-state index in [0.717, 1.165) is 0 Å². The van der Waals surface area contributed by atoms with Gasteiger partial charge in [-0.25, -0.2) is 0 Å². The van der Waals surface area contributed by atoms with Crippen molar-refractivity contribution >= 4 is 35.1 Å². The number of aromatic nitrogens is 2. The fourth-order valence-corrected chi connectivity index (χ4v) is 3.44. The van der Waals surface area contributed by atoms with E-state index >= 15 is 0 Å². The average Bonchev–Trinajstić information content (AvgIpc) is 2.73. The van der Waals surface area contributed by atoms with E-state index in [1.54, 1.807) is 31.4 Å². The Morgan fingerprint density at radius 1 is 1.34 bits per heavy atom. The maximum absolute atomic E-state index is 12.9. The first-order valence-electron chi connectivity index (χ1n) is 9.30. The van der Waals surface area contributed by atoms with Crippen molar-refractivity contribution in [3.63, 3.8) is 0 Å². The van der Waals surface area contributed by atoms with Crippen LogP contribution >= 0.6 is 0 Å². The largest absolute Gasteiger partial charge is 0.497 e. The third-order valence-electron chi connectivity index (χ3n) is 4.91. The molecule has 2 amide bonds. The molecule has 1 atom stereocenters. The minimum absolute atomic E-state index is 0.0345. The van der Waals surface area contributed by atoms with Crippen LogP contribution in [0.15, 0.2) is 24.3 Å². The summed E-state index contributed by atoms with van der Waals surface area (Å²) in [6.07, 6.45) is -0.0345. The lowest BCUT2D eigenvalue weighted by molar-refractivity contribution is -0.123. The highest BCUT2D eigenvalue weighted by atomic mass is 16.5. The number of fused-ring (bicyclic) bond motifs is 1. The first-order valence-corrected chi connectivity index (χ1v) is 9.30. The summed E-state index contributed by atoms with van der Waals surface area (Å²) in [6.45, 7) is 2.40. The highest BCUT2D eigenvalue weighted by Gasteiger charge is 2.35. The maximum atomic E-state index is 12.9. The Morgan fingerprint density at radius 3 is 2.90 bits per heavy atom. The van der Waals surface area contributed by atoms with Crippen LogP contribution in [0.4, 0.5) is 23.3 Å². The Balaban J connectivity index is 1.62. The highest BCUT2D eigenvalue weighted by Crippen LogP contribution is 2.36. The third kappa shape index (κ3) is 3.92. The van der Waals surface area contributed by atoms with Crippen LogP contribution in [0.25, 0.3) is 0 Å². The average molecular weight is 398 g/mol. The molecule has 0 saturated carbocycles. The molecule has 4 N–H and O–H groups in total. The van der Waals surface area contributed by atoms with E-state index in [1.165, 1.54) is 0 Å². The molecule has 0 radical (unpaired) electrons. The second kappa shape index (κ2) is 7.92. The molecular weight excluding hydrogens is 376 g/mol. The topological polar surface area (TPSA) is 132 Å². The van der Waals surface area contributed by atoms with Crippen molar-refractivity contribution in [2.45, 2.75) is 12.3 Å².